The summed E-state index contributed by atoms with van der Waals surface area (Å²) in [5, 5.41) is 5.26. The van der Waals surface area contributed by atoms with Gasteiger partial charge in [0.1, 0.15) is 22.8 Å². The Morgan fingerprint density at radius 3 is 2.69 bits per heavy atom. The van der Waals surface area contributed by atoms with Crippen molar-refractivity contribution < 1.29 is 27.2 Å². The molecule has 2 heterocycles. The number of thiazole rings is 1. The molecule has 0 radical (unpaired) electrons. The summed E-state index contributed by atoms with van der Waals surface area (Å²) in [6, 6.07) is 3.80. The first-order valence-electron chi connectivity index (χ1n) is 8.71. The summed E-state index contributed by atoms with van der Waals surface area (Å²) in [5.41, 5.74) is 0.201. The summed E-state index contributed by atoms with van der Waals surface area (Å²) in [4.78, 5) is 20.5. The van der Waals surface area contributed by atoms with Crippen LogP contribution in [0.15, 0.2) is 39.3 Å². The monoisotopic (exact) mass is 502 g/mol. The van der Waals surface area contributed by atoms with E-state index in [1.807, 2.05) is 0 Å². The third-order valence-corrected chi connectivity index (χ3v) is 5.52. The van der Waals surface area contributed by atoms with E-state index in [-0.39, 0.29) is 21.4 Å². The summed E-state index contributed by atoms with van der Waals surface area (Å²) in [5.74, 6) is -2.35. The maximum absolute atomic E-state index is 14.5. The molecule has 168 valence electrons. The molecule has 1 unspecified atom stereocenters. The highest BCUT2D eigenvalue weighted by atomic mass is 35.5. The van der Waals surface area contributed by atoms with Crippen molar-refractivity contribution in [2.45, 2.75) is 12.6 Å². The van der Waals surface area contributed by atoms with Gasteiger partial charge in [0, 0.05) is 11.6 Å². The third kappa shape index (κ3) is 4.69. The predicted molar refractivity (Wildman–Crippen MR) is 119 cm³/mol. The van der Waals surface area contributed by atoms with Gasteiger partial charge in [-0.3, -0.25) is 0 Å². The number of aliphatic imine (C=N–C) groups is 1. The second kappa shape index (κ2) is 9.40. The van der Waals surface area contributed by atoms with Crippen LogP contribution in [0.25, 0.3) is 16.8 Å². The minimum absolute atomic E-state index is 0.0236. The lowest BCUT2D eigenvalue weighted by Gasteiger charge is -2.15. The Bertz CT molecular complexity index is 1220. The molecule has 0 aliphatic heterocycles. The number of benzene rings is 1. The van der Waals surface area contributed by atoms with Crippen molar-refractivity contribution >= 4 is 54.6 Å². The quantitative estimate of drug-likeness (QED) is 0.281. The molecule has 3 aromatic rings. The van der Waals surface area contributed by atoms with Crippen molar-refractivity contribution in [1.82, 2.24) is 10.1 Å². The number of carbonyl (C=O) groups excluding carboxylic acids is 1. The predicted octanol–water partition coefficient (Wildman–Crippen LogP) is 5.23. The average Bonchev–Trinajstić information content (AvgIpc) is 3.33. The number of nitrogens with zero attached hydrogens (tertiary/aromatic N) is 3. The van der Waals surface area contributed by atoms with Crippen LogP contribution in [0.3, 0.4) is 0 Å². The normalized spacial score (nSPS) is 12.8. The molecule has 2 aromatic heterocycles. The number of alkyl halides is 2. The smallest absolute Gasteiger partial charge is 0.344 e. The second-order valence-electron chi connectivity index (χ2n) is 6.26. The number of hydrogen-bond donors (Lipinski definition) is 1. The summed E-state index contributed by atoms with van der Waals surface area (Å²) in [6.45, 7) is 1.67. The molecule has 7 nitrogen and oxygen atoms in total. The van der Waals surface area contributed by atoms with Crippen LogP contribution in [-0.2, 0) is 4.74 Å². The molecule has 0 saturated heterocycles. The lowest BCUT2D eigenvalue weighted by molar-refractivity contribution is 0.0600. The van der Waals surface area contributed by atoms with Crippen molar-refractivity contribution in [2.75, 3.05) is 7.11 Å². The Morgan fingerprint density at radius 2 is 2.16 bits per heavy atom. The topological polar surface area (TPSA) is 104 Å². The molecular formula is C19H15ClF3N4O3PS. The van der Waals surface area contributed by atoms with Crippen molar-refractivity contribution in [3.63, 3.8) is 0 Å². The van der Waals surface area contributed by atoms with Gasteiger partial charge in [0.25, 0.3) is 0 Å². The summed E-state index contributed by atoms with van der Waals surface area (Å²) < 4.78 is 53.5. The SMILES string of the molecule is COC(=O)c1c(-c2c(F)cccc2Cl)noc1C(=CN)C(=Nc1nc(C)cs1)C(F)(F)P. The zero-order chi connectivity index (χ0) is 23.6. The third-order valence-electron chi connectivity index (χ3n) is 4.08. The Morgan fingerprint density at radius 1 is 1.44 bits per heavy atom. The molecule has 0 bridgehead atoms. The van der Waals surface area contributed by atoms with Crippen LogP contribution >= 0.6 is 32.2 Å². The molecule has 2 N–H and O–H groups in total. The number of aromatic nitrogens is 2. The molecule has 0 aliphatic rings. The summed E-state index contributed by atoms with van der Waals surface area (Å²) in [7, 11) is 2.39. The van der Waals surface area contributed by atoms with E-state index in [2.05, 4.69) is 15.1 Å². The Balaban J connectivity index is 2.28. The van der Waals surface area contributed by atoms with Gasteiger partial charge in [-0.2, -0.15) is 8.78 Å². The molecular weight excluding hydrogens is 488 g/mol. The molecule has 32 heavy (non-hydrogen) atoms. The van der Waals surface area contributed by atoms with Crippen LogP contribution < -0.4 is 5.73 Å². The van der Waals surface area contributed by atoms with Crippen molar-refractivity contribution in [3.8, 4) is 11.3 Å². The van der Waals surface area contributed by atoms with Crippen LogP contribution in [0.2, 0.25) is 5.02 Å². The van der Waals surface area contributed by atoms with E-state index in [0.717, 1.165) is 30.7 Å². The lowest BCUT2D eigenvalue weighted by atomic mass is 10.00. The van der Waals surface area contributed by atoms with Crippen LogP contribution in [0.5, 0.6) is 0 Å². The fourth-order valence-electron chi connectivity index (χ4n) is 2.73. The van der Waals surface area contributed by atoms with E-state index in [1.54, 1.807) is 12.3 Å². The Labute approximate surface area is 191 Å². The molecule has 1 atom stereocenters. The summed E-state index contributed by atoms with van der Waals surface area (Å²) >= 11 is 7.11. The Hall–Kier alpha value is -2.75. The van der Waals surface area contributed by atoms with E-state index in [0.29, 0.717) is 5.69 Å². The number of methoxy groups -OCH3 is 1. The van der Waals surface area contributed by atoms with Crippen molar-refractivity contribution in [1.29, 1.82) is 0 Å². The Kier molecular flexibility index (Phi) is 7.02. The average molecular weight is 503 g/mol. The van der Waals surface area contributed by atoms with Gasteiger partial charge in [-0.15, -0.1) is 11.3 Å². The first-order valence-corrected chi connectivity index (χ1v) is 10.5. The molecule has 0 saturated carbocycles. The van der Waals surface area contributed by atoms with E-state index >= 15 is 0 Å². The molecule has 0 amide bonds. The first kappa shape index (κ1) is 23.9. The minimum atomic E-state index is -3.61. The van der Waals surface area contributed by atoms with Gasteiger partial charge in [-0.25, -0.2) is 19.2 Å². The standard InChI is InChI=1S/C19H15ClF3N4O3PS/c1-8-7-32-18(25-8)26-16(19(22,23)31)9(6-24)15-13(17(28)29-2)14(27-30-15)12-10(20)4-3-5-11(12)21/h3-7H,24,31H2,1-2H3. The fourth-order valence-corrected chi connectivity index (χ4v) is 3.87. The van der Waals surface area contributed by atoms with Crippen LogP contribution in [0.1, 0.15) is 21.8 Å². The van der Waals surface area contributed by atoms with Crippen LogP contribution in [-0.4, -0.2) is 34.6 Å². The van der Waals surface area contributed by atoms with Gasteiger partial charge in [-0.1, -0.05) is 32.1 Å². The zero-order valence-electron chi connectivity index (χ0n) is 16.5. The van der Waals surface area contributed by atoms with Crippen LogP contribution in [0.4, 0.5) is 18.3 Å². The van der Waals surface area contributed by atoms with Gasteiger partial charge in [0.15, 0.2) is 5.76 Å². The van der Waals surface area contributed by atoms with E-state index < -0.39 is 40.1 Å². The molecule has 0 spiro atoms. The maximum Gasteiger partial charge on any atom is 0.344 e. The number of allylic oxidation sites excluding steroid dienone is 1. The molecule has 13 heteroatoms. The van der Waals surface area contributed by atoms with Gasteiger partial charge >= 0.3 is 11.6 Å². The van der Waals surface area contributed by atoms with Crippen LogP contribution in [0, 0.1) is 12.7 Å². The number of rotatable bonds is 6. The van der Waals surface area contributed by atoms with E-state index in [9.17, 15) is 18.0 Å². The number of hydrogen-bond acceptors (Lipinski definition) is 8. The van der Waals surface area contributed by atoms with Gasteiger partial charge in [0.2, 0.25) is 5.13 Å². The number of ether oxygens (including phenoxy) is 1. The molecule has 0 fully saturated rings. The second-order valence-corrected chi connectivity index (χ2v) is 8.23. The van der Waals surface area contributed by atoms with E-state index in [1.165, 1.54) is 21.4 Å². The molecule has 3 rings (SSSR count). The highest BCUT2D eigenvalue weighted by molar-refractivity contribution is 7.20. The van der Waals surface area contributed by atoms with Gasteiger partial charge in [-0.05, 0) is 19.1 Å². The zero-order valence-corrected chi connectivity index (χ0v) is 19.3. The van der Waals surface area contributed by atoms with Gasteiger partial charge in [0.05, 0.1) is 29.0 Å². The maximum atomic E-state index is 14.5. The number of esters is 1. The highest BCUT2D eigenvalue weighted by Crippen LogP contribution is 2.40. The summed E-state index contributed by atoms with van der Waals surface area (Å²) in [6.07, 6.45) is 0.775. The fraction of sp³-hybridized carbons (Fsp3) is 0.158. The first-order chi connectivity index (χ1) is 15.1. The highest BCUT2D eigenvalue weighted by Gasteiger charge is 2.39. The van der Waals surface area contributed by atoms with Gasteiger partial charge < -0.3 is 15.0 Å². The minimum Gasteiger partial charge on any atom is -0.465 e. The number of halogens is 4. The van der Waals surface area contributed by atoms with Crippen molar-refractivity contribution in [3.05, 3.63) is 57.6 Å². The largest absolute Gasteiger partial charge is 0.465 e. The van der Waals surface area contributed by atoms with E-state index in [4.69, 9.17) is 26.6 Å². The molecule has 1 aromatic carbocycles. The number of carbonyl (C=O) groups is 1. The number of nitrogens with two attached hydrogens (primary N) is 1. The number of aryl methyl sites for hydroxylation is 1. The van der Waals surface area contributed by atoms with Crippen molar-refractivity contribution in [2.24, 2.45) is 10.7 Å². The lowest BCUT2D eigenvalue weighted by Crippen LogP contribution is -2.24. The molecule has 0 aliphatic carbocycles.